The van der Waals surface area contributed by atoms with Crippen molar-refractivity contribution in [1.29, 1.82) is 0 Å². The van der Waals surface area contributed by atoms with E-state index in [1.807, 2.05) is 43.3 Å². The summed E-state index contributed by atoms with van der Waals surface area (Å²) in [4.78, 5) is 0. The monoisotopic (exact) mass is 478 g/mol. The minimum Gasteiger partial charge on any atom is -0.491 e. The van der Waals surface area contributed by atoms with Crippen LogP contribution in [0.2, 0.25) is 0 Å². The summed E-state index contributed by atoms with van der Waals surface area (Å²) in [7, 11) is 0. The molecule has 0 heterocycles. The Bertz CT molecular complexity index is 1160. The lowest BCUT2D eigenvalue weighted by molar-refractivity contribution is 0.294. The van der Waals surface area contributed by atoms with Crippen LogP contribution in [0.4, 0.5) is 13.2 Å². The van der Waals surface area contributed by atoms with Gasteiger partial charge >= 0.3 is 0 Å². The van der Waals surface area contributed by atoms with Crippen LogP contribution in [0.25, 0.3) is 17.2 Å². The summed E-state index contributed by atoms with van der Waals surface area (Å²) < 4.78 is 49.7. The molecule has 1 nitrogen and oxygen atoms in total. The average molecular weight is 479 g/mol. The maximum absolute atomic E-state index is 15.0. The minimum atomic E-state index is -0.766. The second kappa shape index (κ2) is 11.6. The molecule has 0 spiro atoms. The number of hydrogen-bond acceptors (Lipinski definition) is 1. The first-order valence-electron chi connectivity index (χ1n) is 12.6. The summed E-state index contributed by atoms with van der Waals surface area (Å²) in [5.41, 5.74) is 3.34. The van der Waals surface area contributed by atoms with Gasteiger partial charge in [0.05, 0.1) is 6.61 Å². The van der Waals surface area contributed by atoms with Gasteiger partial charge in [0.2, 0.25) is 0 Å². The molecular weight excluding hydrogens is 445 g/mol. The van der Waals surface area contributed by atoms with E-state index in [0.29, 0.717) is 35.0 Å². The molecule has 3 aromatic rings. The fraction of sp³-hybridized carbons (Fsp3) is 0.355. The summed E-state index contributed by atoms with van der Waals surface area (Å²) in [6, 6.07) is 15.9. The number of halogens is 3. The topological polar surface area (TPSA) is 9.23 Å². The van der Waals surface area contributed by atoms with Crippen molar-refractivity contribution >= 4 is 6.08 Å². The quantitative estimate of drug-likeness (QED) is 0.293. The molecule has 0 aromatic heterocycles. The van der Waals surface area contributed by atoms with E-state index in [1.54, 1.807) is 18.2 Å². The Balaban J connectivity index is 1.36. The van der Waals surface area contributed by atoms with Gasteiger partial charge in [-0.05, 0) is 79.7 Å². The highest BCUT2D eigenvalue weighted by Gasteiger charge is 2.25. The number of unbranched alkanes of at least 4 members (excludes halogenated alkanes) is 1. The molecule has 1 saturated carbocycles. The Labute approximate surface area is 206 Å². The zero-order valence-corrected chi connectivity index (χ0v) is 20.5. The highest BCUT2D eigenvalue weighted by Crippen LogP contribution is 2.39. The van der Waals surface area contributed by atoms with E-state index in [1.165, 1.54) is 6.07 Å². The molecule has 0 aliphatic heterocycles. The van der Waals surface area contributed by atoms with Crippen molar-refractivity contribution in [2.45, 2.75) is 58.3 Å². The van der Waals surface area contributed by atoms with E-state index in [0.717, 1.165) is 49.7 Å². The van der Waals surface area contributed by atoms with Crippen molar-refractivity contribution in [3.05, 3.63) is 94.8 Å². The molecule has 1 aliphatic rings. The Morgan fingerprint density at radius 3 is 2.31 bits per heavy atom. The van der Waals surface area contributed by atoms with Crippen molar-refractivity contribution in [3.8, 4) is 16.9 Å². The Hall–Kier alpha value is -3.01. The van der Waals surface area contributed by atoms with E-state index in [2.05, 4.69) is 13.0 Å². The summed E-state index contributed by atoms with van der Waals surface area (Å²) in [5.74, 6) is -1.19. The smallest absolute Gasteiger partial charge is 0.166 e. The minimum absolute atomic E-state index is 0.0122. The van der Waals surface area contributed by atoms with Crippen LogP contribution in [0.1, 0.15) is 68.1 Å². The van der Waals surface area contributed by atoms with Crippen molar-refractivity contribution in [3.63, 3.8) is 0 Å². The third-order valence-electron chi connectivity index (χ3n) is 6.96. The molecule has 0 amide bonds. The first-order chi connectivity index (χ1) is 17.0. The molecule has 1 aliphatic carbocycles. The number of aryl methyl sites for hydroxylation is 1. The molecule has 4 heteroatoms. The third-order valence-corrected chi connectivity index (χ3v) is 6.96. The molecule has 0 unspecified atom stereocenters. The Morgan fingerprint density at radius 1 is 0.886 bits per heavy atom. The van der Waals surface area contributed by atoms with Gasteiger partial charge in [0.1, 0.15) is 0 Å². The van der Waals surface area contributed by atoms with Crippen LogP contribution < -0.4 is 4.74 Å². The average Bonchev–Trinajstić information content (AvgIpc) is 2.87. The lowest BCUT2D eigenvalue weighted by Crippen LogP contribution is -2.13. The highest BCUT2D eigenvalue weighted by molar-refractivity contribution is 5.65. The first kappa shape index (κ1) is 25.1. The van der Waals surface area contributed by atoms with Gasteiger partial charge in [0.15, 0.2) is 23.2 Å². The predicted octanol–water partition coefficient (Wildman–Crippen LogP) is 9.25. The lowest BCUT2D eigenvalue weighted by atomic mass is 9.78. The third kappa shape index (κ3) is 6.17. The molecule has 3 aromatic carbocycles. The molecular formula is C31H33F3O. The first-order valence-corrected chi connectivity index (χ1v) is 12.6. The normalized spacial score (nSPS) is 18.2. The molecule has 35 heavy (non-hydrogen) atoms. The lowest BCUT2D eigenvalue weighted by Gasteiger charge is -2.27. The fourth-order valence-electron chi connectivity index (χ4n) is 4.77. The Kier molecular flexibility index (Phi) is 8.33. The van der Waals surface area contributed by atoms with Crippen molar-refractivity contribution in [2.75, 3.05) is 6.61 Å². The molecule has 0 radical (unpaired) electrons. The van der Waals surface area contributed by atoms with Crippen LogP contribution in [-0.2, 0) is 0 Å². The van der Waals surface area contributed by atoms with Gasteiger partial charge < -0.3 is 4.74 Å². The summed E-state index contributed by atoms with van der Waals surface area (Å²) in [6.45, 7) is 4.55. The van der Waals surface area contributed by atoms with Gasteiger partial charge in [0, 0.05) is 5.56 Å². The van der Waals surface area contributed by atoms with E-state index in [9.17, 15) is 8.78 Å². The largest absolute Gasteiger partial charge is 0.491 e. The van der Waals surface area contributed by atoms with Gasteiger partial charge in [-0.15, -0.1) is 0 Å². The molecule has 4 rings (SSSR count). The van der Waals surface area contributed by atoms with Crippen LogP contribution in [0.15, 0.2) is 60.7 Å². The highest BCUT2D eigenvalue weighted by atomic mass is 19.2. The van der Waals surface area contributed by atoms with Gasteiger partial charge in [-0.1, -0.05) is 73.5 Å². The van der Waals surface area contributed by atoms with E-state index in [-0.39, 0.29) is 11.7 Å². The number of ether oxygens (including phenoxy) is 1. The van der Waals surface area contributed by atoms with Crippen LogP contribution in [0.3, 0.4) is 0 Å². The molecule has 0 bridgehead atoms. The van der Waals surface area contributed by atoms with Gasteiger partial charge in [-0.25, -0.2) is 13.2 Å². The predicted molar refractivity (Wildman–Crippen MR) is 137 cm³/mol. The van der Waals surface area contributed by atoms with Crippen molar-refractivity contribution in [2.24, 2.45) is 5.92 Å². The van der Waals surface area contributed by atoms with Crippen molar-refractivity contribution < 1.29 is 17.9 Å². The summed E-state index contributed by atoms with van der Waals surface area (Å²) in [6.07, 6.45) is 9.34. The molecule has 0 saturated heterocycles. The van der Waals surface area contributed by atoms with E-state index >= 15 is 4.39 Å². The standard InChI is InChI=1S/C31H33F3O/c1-3-4-19-35-29-18-11-23(20-28(29)32)8-7-22-9-14-25(15-10-22)27-17-16-26(30(33)31(27)34)24-12-5-21(2)6-13-24/h5-8,11-13,16-18,20,22,25H,3-4,9-10,14-15,19H2,1-2H3/b8-7+. The van der Waals surface area contributed by atoms with Crippen molar-refractivity contribution in [1.82, 2.24) is 0 Å². The number of rotatable bonds is 8. The van der Waals surface area contributed by atoms with E-state index in [4.69, 9.17) is 4.74 Å². The number of hydrogen-bond donors (Lipinski definition) is 0. The maximum Gasteiger partial charge on any atom is 0.166 e. The fourth-order valence-corrected chi connectivity index (χ4v) is 4.77. The second-order valence-corrected chi connectivity index (χ2v) is 9.56. The van der Waals surface area contributed by atoms with Gasteiger partial charge in [-0.2, -0.15) is 0 Å². The Morgan fingerprint density at radius 2 is 1.63 bits per heavy atom. The van der Waals surface area contributed by atoms with Crippen LogP contribution in [-0.4, -0.2) is 6.61 Å². The molecule has 0 N–H and O–H groups in total. The number of benzene rings is 3. The van der Waals surface area contributed by atoms with Gasteiger partial charge in [0.25, 0.3) is 0 Å². The molecule has 1 fully saturated rings. The summed E-state index contributed by atoms with van der Waals surface area (Å²) in [5, 5.41) is 0. The van der Waals surface area contributed by atoms with Crippen LogP contribution in [0, 0.1) is 30.3 Å². The summed E-state index contributed by atoms with van der Waals surface area (Å²) >= 11 is 0. The van der Waals surface area contributed by atoms with Crippen LogP contribution >= 0.6 is 0 Å². The molecule has 184 valence electrons. The number of allylic oxidation sites excluding steroid dienone is 1. The zero-order valence-electron chi connectivity index (χ0n) is 20.5. The van der Waals surface area contributed by atoms with Gasteiger partial charge in [-0.3, -0.25) is 0 Å². The zero-order chi connectivity index (χ0) is 24.8. The second-order valence-electron chi connectivity index (χ2n) is 9.56. The van der Waals surface area contributed by atoms with E-state index < -0.39 is 11.6 Å². The SMILES string of the molecule is CCCCOc1ccc(/C=C/C2CCC(c3ccc(-c4ccc(C)cc4)c(F)c3F)CC2)cc1F. The van der Waals surface area contributed by atoms with Crippen LogP contribution in [0.5, 0.6) is 5.75 Å². The molecule has 0 atom stereocenters. The maximum atomic E-state index is 15.0.